The number of rotatable bonds is 8. The molecule has 0 saturated heterocycles. The second-order valence-corrected chi connectivity index (χ2v) is 12.2. The number of aliphatic hydroxyl groups excluding tert-OH is 1. The van der Waals surface area contributed by atoms with E-state index in [1.165, 1.54) is 0 Å². The maximum Gasteiger partial charge on any atom is 0.320 e. The molecule has 0 aromatic heterocycles. The van der Waals surface area contributed by atoms with Crippen LogP contribution in [0.1, 0.15) is 78.6 Å². The highest BCUT2D eigenvalue weighted by molar-refractivity contribution is 6.26. The number of carbonyl (C=O) groups excluding carboxylic acids is 3. The fourth-order valence-electron chi connectivity index (χ4n) is 8.57. The van der Waals surface area contributed by atoms with Gasteiger partial charge in [-0.2, -0.15) is 0 Å². The molecule has 0 aromatic carbocycles. The average Bonchev–Trinajstić information content (AvgIpc) is 3.13. The Kier molecular flexibility index (Phi) is 7.81. The van der Waals surface area contributed by atoms with Crippen LogP contribution in [0, 0.1) is 40.4 Å². The first-order chi connectivity index (χ1) is 16.1. The molecule has 4 aliphatic rings. The van der Waals surface area contributed by atoms with Crippen LogP contribution in [0.3, 0.4) is 0 Å². The average molecular weight is 497 g/mol. The summed E-state index contributed by atoms with van der Waals surface area (Å²) < 4.78 is 11.1. The van der Waals surface area contributed by atoms with Gasteiger partial charge in [0.15, 0.2) is 0 Å². The number of Topliss-reactive ketones (excluding diaryl/α,β-unsaturated/α-hetero) is 2. The zero-order valence-corrected chi connectivity index (χ0v) is 21.6. The van der Waals surface area contributed by atoms with Gasteiger partial charge in [0, 0.05) is 24.9 Å². The smallest absolute Gasteiger partial charge is 0.320 e. The Bertz CT molecular complexity index is 800. The molecule has 192 valence electrons. The van der Waals surface area contributed by atoms with E-state index in [2.05, 4.69) is 13.8 Å². The number of halogens is 1. The lowest BCUT2D eigenvalue weighted by Gasteiger charge is -2.60. The fourth-order valence-corrected chi connectivity index (χ4v) is 8.65. The monoisotopic (exact) mass is 496 g/mol. The van der Waals surface area contributed by atoms with Crippen molar-refractivity contribution >= 4 is 29.1 Å². The highest BCUT2D eigenvalue weighted by atomic mass is 35.5. The molecule has 0 aromatic rings. The lowest BCUT2D eigenvalue weighted by Crippen LogP contribution is -2.60. The zero-order valence-electron chi connectivity index (χ0n) is 20.9. The molecule has 0 unspecified atom stereocenters. The Morgan fingerprint density at radius 2 is 1.82 bits per heavy atom. The molecule has 0 bridgehead atoms. The molecule has 0 amide bonds. The van der Waals surface area contributed by atoms with Gasteiger partial charge in [0.25, 0.3) is 0 Å². The second kappa shape index (κ2) is 10.2. The fraction of sp³-hybridized carbons (Fsp3) is 0.889. The van der Waals surface area contributed by atoms with E-state index < -0.39 is 12.1 Å². The first kappa shape index (κ1) is 26.1. The number of alkyl halides is 1. The maximum absolute atomic E-state index is 13.7. The number of ketones is 2. The Hall–Kier alpha value is -0.980. The van der Waals surface area contributed by atoms with Gasteiger partial charge in [-0.15, -0.1) is 11.6 Å². The largest absolute Gasteiger partial charge is 0.465 e. The topological polar surface area (TPSA) is 89.9 Å². The van der Waals surface area contributed by atoms with Gasteiger partial charge < -0.3 is 14.6 Å². The summed E-state index contributed by atoms with van der Waals surface area (Å²) in [6.07, 6.45) is 6.56. The molecular weight excluding hydrogens is 456 g/mol. The molecule has 1 N–H and O–H groups in total. The van der Waals surface area contributed by atoms with E-state index in [9.17, 15) is 19.5 Å². The number of hydrogen-bond donors (Lipinski definition) is 1. The number of esters is 1. The van der Waals surface area contributed by atoms with Crippen LogP contribution in [0.2, 0.25) is 0 Å². The molecule has 0 heterocycles. The van der Waals surface area contributed by atoms with E-state index in [1.807, 2.05) is 0 Å². The van der Waals surface area contributed by atoms with Crippen LogP contribution in [-0.4, -0.2) is 53.9 Å². The summed E-state index contributed by atoms with van der Waals surface area (Å²) in [5.41, 5.74) is -0.361. The van der Waals surface area contributed by atoms with Gasteiger partial charge in [-0.3, -0.25) is 14.4 Å². The standard InChI is InChI=1S/C27H41ClO6/c1-16(29)19-8-9-20-18-7-6-17-12-21(30)23(33-10-4-5-11-34-24(32)15-28)14-26(17,2)25(18)22(31)13-27(19,20)3/h17-21,23,25,30H,4-15H2,1-3H3/t17-,18-,19+,20-,21-,23-,25+,26-,27+/m0/s1. The van der Waals surface area contributed by atoms with Crippen LogP contribution in [0.25, 0.3) is 0 Å². The number of unbranched alkanes of at least 4 members (excludes halogenated alkanes) is 1. The van der Waals surface area contributed by atoms with Crippen molar-refractivity contribution in [1.82, 2.24) is 0 Å². The molecule has 4 rings (SSSR count). The Balaban J connectivity index is 1.42. The van der Waals surface area contributed by atoms with Gasteiger partial charge in [-0.1, -0.05) is 13.8 Å². The molecule has 6 nitrogen and oxygen atoms in total. The summed E-state index contributed by atoms with van der Waals surface area (Å²) in [5, 5.41) is 10.8. The van der Waals surface area contributed by atoms with Crippen LogP contribution in [0.4, 0.5) is 0 Å². The second-order valence-electron chi connectivity index (χ2n) is 11.9. The Labute approximate surface area is 208 Å². The summed E-state index contributed by atoms with van der Waals surface area (Å²) in [7, 11) is 0. The van der Waals surface area contributed by atoms with Crippen LogP contribution < -0.4 is 0 Å². The summed E-state index contributed by atoms with van der Waals surface area (Å²) in [4.78, 5) is 37.2. The third kappa shape index (κ3) is 4.59. The quantitative estimate of drug-likeness (QED) is 0.305. The van der Waals surface area contributed by atoms with E-state index in [0.29, 0.717) is 62.4 Å². The number of carbonyl (C=O) groups is 3. The molecule has 7 heteroatoms. The molecule has 0 spiro atoms. The molecule has 4 saturated carbocycles. The normalized spacial score (nSPS) is 43.6. The Morgan fingerprint density at radius 1 is 1.09 bits per heavy atom. The SMILES string of the molecule is CC(=O)[C@H]1CC[C@H]2[C@@H]3CC[C@H]4C[C@H](O)[C@@H](OCCCCOC(=O)CCl)C[C@]4(C)[C@H]3C(=O)C[C@]12C. The number of hydrogen-bond acceptors (Lipinski definition) is 6. The summed E-state index contributed by atoms with van der Waals surface area (Å²) >= 11 is 5.43. The van der Waals surface area contributed by atoms with Crippen LogP contribution in [-0.2, 0) is 23.9 Å². The van der Waals surface area contributed by atoms with Crippen molar-refractivity contribution in [1.29, 1.82) is 0 Å². The molecule has 34 heavy (non-hydrogen) atoms. The summed E-state index contributed by atoms with van der Waals surface area (Å²) in [6.45, 7) is 6.96. The lowest BCUT2D eigenvalue weighted by atomic mass is 9.44. The van der Waals surface area contributed by atoms with Crippen molar-refractivity contribution < 1.29 is 29.0 Å². The van der Waals surface area contributed by atoms with E-state index in [1.54, 1.807) is 6.92 Å². The van der Waals surface area contributed by atoms with Gasteiger partial charge in [-0.25, -0.2) is 0 Å². The number of aliphatic hydroxyl groups is 1. The lowest BCUT2D eigenvalue weighted by molar-refractivity contribution is -0.180. The minimum absolute atomic E-state index is 0.00333. The highest BCUT2D eigenvalue weighted by Gasteiger charge is 2.64. The minimum Gasteiger partial charge on any atom is -0.465 e. The number of ether oxygens (including phenoxy) is 2. The highest BCUT2D eigenvalue weighted by Crippen LogP contribution is 2.66. The molecule has 9 atom stereocenters. The van der Waals surface area contributed by atoms with Crippen molar-refractivity contribution in [2.45, 2.75) is 90.8 Å². The maximum atomic E-state index is 13.7. The van der Waals surface area contributed by atoms with Gasteiger partial charge in [-0.05, 0) is 86.9 Å². The van der Waals surface area contributed by atoms with Crippen molar-refractivity contribution in [3.05, 3.63) is 0 Å². The predicted octanol–water partition coefficient (Wildman–Crippen LogP) is 4.33. The van der Waals surface area contributed by atoms with Crippen LogP contribution in [0.5, 0.6) is 0 Å². The van der Waals surface area contributed by atoms with Gasteiger partial charge in [0.1, 0.15) is 17.4 Å². The molecule has 4 fully saturated rings. The van der Waals surface area contributed by atoms with Crippen molar-refractivity contribution in [2.24, 2.45) is 40.4 Å². The molecule has 0 radical (unpaired) electrons. The molecule has 4 aliphatic carbocycles. The minimum atomic E-state index is -0.513. The van der Waals surface area contributed by atoms with E-state index >= 15 is 0 Å². The number of fused-ring (bicyclic) bond motifs is 5. The van der Waals surface area contributed by atoms with Gasteiger partial charge in [0.05, 0.1) is 18.8 Å². The van der Waals surface area contributed by atoms with E-state index in [4.69, 9.17) is 21.1 Å². The summed E-state index contributed by atoms with van der Waals surface area (Å²) in [6, 6.07) is 0. The third-order valence-corrected chi connectivity index (χ3v) is 10.3. The Morgan fingerprint density at radius 3 is 2.53 bits per heavy atom. The summed E-state index contributed by atoms with van der Waals surface area (Å²) in [5.74, 6) is 1.14. The molecular formula is C27H41ClO6. The van der Waals surface area contributed by atoms with Gasteiger partial charge >= 0.3 is 5.97 Å². The van der Waals surface area contributed by atoms with Crippen molar-refractivity contribution in [3.63, 3.8) is 0 Å². The van der Waals surface area contributed by atoms with E-state index in [-0.39, 0.29) is 40.4 Å². The van der Waals surface area contributed by atoms with Crippen LogP contribution >= 0.6 is 11.6 Å². The third-order valence-electron chi connectivity index (χ3n) is 10.1. The first-order valence-corrected chi connectivity index (χ1v) is 13.7. The first-order valence-electron chi connectivity index (χ1n) is 13.2. The zero-order chi connectivity index (χ0) is 24.7. The molecule has 0 aliphatic heterocycles. The van der Waals surface area contributed by atoms with E-state index in [0.717, 1.165) is 32.1 Å². The van der Waals surface area contributed by atoms with Crippen molar-refractivity contribution in [3.8, 4) is 0 Å². The van der Waals surface area contributed by atoms with Crippen molar-refractivity contribution in [2.75, 3.05) is 19.1 Å². The van der Waals surface area contributed by atoms with Gasteiger partial charge in [0.2, 0.25) is 0 Å². The van der Waals surface area contributed by atoms with Crippen LogP contribution in [0.15, 0.2) is 0 Å². The predicted molar refractivity (Wildman–Crippen MR) is 128 cm³/mol.